The van der Waals surface area contributed by atoms with Gasteiger partial charge in [-0.05, 0) is 11.1 Å². The predicted molar refractivity (Wildman–Crippen MR) is 84.4 cm³/mol. The zero-order valence-electron chi connectivity index (χ0n) is 12.3. The maximum absolute atomic E-state index is 11.6. The molecular formula is C16H16BNO5. The first-order valence-corrected chi connectivity index (χ1v) is 7.00. The Hall–Kier alpha value is -2.64. The highest BCUT2D eigenvalue weighted by Gasteiger charge is 2.20. The van der Waals surface area contributed by atoms with Gasteiger partial charge in [-0.3, -0.25) is 4.79 Å². The van der Waals surface area contributed by atoms with Gasteiger partial charge in [0.25, 0.3) is 0 Å². The SMILES string of the molecule is O=C(NCc1ccc(C(=O)B(O)O)cc1)OCc1ccccc1. The first-order valence-electron chi connectivity index (χ1n) is 7.00. The summed E-state index contributed by atoms with van der Waals surface area (Å²) >= 11 is 0. The molecule has 2 aromatic rings. The second-order valence-electron chi connectivity index (χ2n) is 4.85. The number of alkyl carbamates (subject to hydrolysis) is 1. The largest absolute Gasteiger partial charge is 0.532 e. The smallest absolute Gasteiger partial charge is 0.445 e. The van der Waals surface area contributed by atoms with Crippen LogP contribution in [0.5, 0.6) is 0 Å². The van der Waals surface area contributed by atoms with Gasteiger partial charge in [0.05, 0.1) is 0 Å². The highest BCUT2D eigenvalue weighted by Crippen LogP contribution is 2.06. The van der Waals surface area contributed by atoms with Crippen molar-refractivity contribution >= 4 is 18.9 Å². The van der Waals surface area contributed by atoms with E-state index in [9.17, 15) is 9.59 Å². The van der Waals surface area contributed by atoms with E-state index in [0.29, 0.717) is 0 Å². The maximum Gasteiger partial charge on any atom is 0.532 e. The summed E-state index contributed by atoms with van der Waals surface area (Å²) in [5, 5.41) is 20.2. The van der Waals surface area contributed by atoms with Gasteiger partial charge < -0.3 is 20.1 Å². The van der Waals surface area contributed by atoms with Crippen molar-refractivity contribution in [2.24, 2.45) is 0 Å². The summed E-state index contributed by atoms with van der Waals surface area (Å²) in [5.74, 6) is 0. The Labute approximate surface area is 133 Å². The van der Waals surface area contributed by atoms with Crippen molar-refractivity contribution in [1.29, 1.82) is 0 Å². The van der Waals surface area contributed by atoms with Crippen molar-refractivity contribution in [1.82, 2.24) is 5.32 Å². The molecule has 0 saturated heterocycles. The van der Waals surface area contributed by atoms with E-state index in [4.69, 9.17) is 14.8 Å². The Morgan fingerprint density at radius 1 is 0.957 bits per heavy atom. The molecule has 3 N–H and O–H groups in total. The molecule has 2 aromatic carbocycles. The highest BCUT2D eigenvalue weighted by atomic mass is 16.5. The molecule has 0 unspecified atom stereocenters. The molecule has 0 aliphatic carbocycles. The van der Waals surface area contributed by atoms with Crippen LogP contribution in [0.1, 0.15) is 21.5 Å². The molecule has 6 nitrogen and oxygen atoms in total. The molecule has 2 rings (SSSR count). The number of amides is 1. The van der Waals surface area contributed by atoms with E-state index in [-0.39, 0.29) is 18.7 Å². The number of benzene rings is 2. The summed E-state index contributed by atoms with van der Waals surface area (Å²) < 4.78 is 5.07. The molecule has 118 valence electrons. The molecule has 1 amide bonds. The summed E-state index contributed by atoms with van der Waals surface area (Å²) in [6.07, 6.45) is -0.542. The number of carbonyl (C=O) groups excluding carboxylic acids is 2. The molecule has 0 saturated carbocycles. The van der Waals surface area contributed by atoms with Gasteiger partial charge in [0.2, 0.25) is 0 Å². The minimum atomic E-state index is -2.02. The zero-order valence-corrected chi connectivity index (χ0v) is 12.3. The van der Waals surface area contributed by atoms with E-state index < -0.39 is 18.9 Å². The summed E-state index contributed by atoms with van der Waals surface area (Å²) in [6, 6.07) is 15.5. The van der Waals surface area contributed by atoms with Gasteiger partial charge in [-0.25, -0.2) is 4.79 Å². The van der Waals surface area contributed by atoms with Gasteiger partial charge in [0, 0.05) is 12.1 Å². The van der Waals surface area contributed by atoms with Gasteiger partial charge >= 0.3 is 13.2 Å². The zero-order chi connectivity index (χ0) is 16.7. The Balaban J connectivity index is 1.79. The topological polar surface area (TPSA) is 95.9 Å². The van der Waals surface area contributed by atoms with Gasteiger partial charge in [0.1, 0.15) is 6.61 Å². The van der Waals surface area contributed by atoms with E-state index >= 15 is 0 Å². The van der Waals surface area contributed by atoms with E-state index in [0.717, 1.165) is 11.1 Å². The molecule has 7 heteroatoms. The van der Waals surface area contributed by atoms with E-state index in [1.807, 2.05) is 30.3 Å². The average Bonchev–Trinajstić information content (AvgIpc) is 2.58. The van der Waals surface area contributed by atoms with Crippen molar-refractivity contribution in [2.75, 3.05) is 0 Å². The van der Waals surface area contributed by atoms with E-state index in [1.165, 1.54) is 12.1 Å². The van der Waals surface area contributed by atoms with Crippen LogP contribution in [0.3, 0.4) is 0 Å². The number of nitrogens with one attached hydrogen (secondary N) is 1. The molecular weight excluding hydrogens is 297 g/mol. The molecule has 23 heavy (non-hydrogen) atoms. The third-order valence-electron chi connectivity index (χ3n) is 3.12. The molecule has 0 aliphatic rings. The third-order valence-corrected chi connectivity index (χ3v) is 3.12. The van der Waals surface area contributed by atoms with E-state index in [2.05, 4.69) is 5.32 Å². The van der Waals surface area contributed by atoms with Gasteiger partial charge in [-0.2, -0.15) is 0 Å². The predicted octanol–water partition coefficient (Wildman–Crippen LogP) is 1.31. The van der Waals surface area contributed by atoms with E-state index in [1.54, 1.807) is 12.1 Å². The second kappa shape index (κ2) is 8.12. The lowest BCUT2D eigenvalue weighted by atomic mass is 9.80. The van der Waals surface area contributed by atoms with Crippen molar-refractivity contribution in [2.45, 2.75) is 13.2 Å². The summed E-state index contributed by atoms with van der Waals surface area (Å²) in [5.41, 5.74) is 1.07. The molecule has 0 heterocycles. The van der Waals surface area contributed by atoms with Crippen molar-refractivity contribution < 1.29 is 24.4 Å². The summed E-state index contributed by atoms with van der Waals surface area (Å²) in [6.45, 7) is 0.429. The average molecular weight is 313 g/mol. The van der Waals surface area contributed by atoms with Crippen LogP contribution in [0.15, 0.2) is 54.6 Å². The lowest BCUT2D eigenvalue weighted by Crippen LogP contribution is -2.25. The first-order chi connectivity index (χ1) is 11.1. The lowest BCUT2D eigenvalue weighted by Gasteiger charge is -2.08. The van der Waals surface area contributed by atoms with Crippen molar-refractivity contribution in [3.05, 3.63) is 71.3 Å². The monoisotopic (exact) mass is 313 g/mol. The number of carbonyl (C=O) groups is 2. The minimum absolute atomic E-state index is 0.189. The highest BCUT2D eigenvalue weighted by molar-refractivity contribution is 6.81. The quantitative estimate of drug-likeness (QED) is 0.699. The fourth-order valence-corrected chi connectivity index (χ4v) is 1.88. The maximum atomic E-state index is 11.6. The van der Waals surface area contributed by atoms with Crippen LogP contribution in [-0.2, 0) is 17.9 Å². The Kier molecular flexibility index (Phi) is 5.90. The molecule has 0 aromatic heterocycles. The number of hydrogen-bond acceptors (Lipinski definition) is 5. The second-order valence-corrected chi connectivity index (χ2v) is 4.85. The van der Waals surface area contributed by atoms with Crippen LogP contribution < -0.4 is 5.32 Å². The minimum Gasteiger partial charge on any atom is -0.445 e. The lowest BCUT2D eigenvalue weighted by molar-refractivity contribution is 0.103. The molecule has 0 atom stereocenters. The van der Waals surface area contributed by atoms with Gasteiger partial charge in [-0.1, -0.05) is 54.6 Å². The molecule has 0 aliphatic heterocycles. The summed E-state index contributed by atoms with van der Waals surface area (Å²) in [7, 11) is -2.02. The van der Waals surface area contributed by atoms with Crippen LogP contribution >= 0.6 is 0 Å². The standard InChI is InChI=1S/C16H16BNO5/c19-15(17(21)22)14-8-6-12(7-9-14)10-18-16(20)23-11-13-4-2-1-3-5-13/h1-9,21-22H,10-11H2,(H,18,20). The Morgan fingerprint density at radius 3 is 2.22 bits per heavy atom. The Morgan fingerprint density at radius 2 is 1.61 bits per heavy atom. The van der Waals surface area contributed by atoms with Crippen molar-refractivity contribution in [3.8, 4) is 0 Å². The molecule has 0 radical (unpaired) electrons. The van der Waals surface area contributed by atoms with Crippen molar-refractivity contribution in [3.63, 3.8) is 0 Å². The van der Waals surface area contributed by atoms with Crippen LogP contribution in [0, 0.1) is 0 Å². The van der Waals surface area contributed by atoms with Crippen LogP contribution in [0.25, 0.3) is 0 Å². The normalized spacial score (nSPS) is 10.0. The fourth-order valence-electron chi connectivity index (χ4n) is 1.88. The van der Waals surface area contributed by atoms with Gasteiger partial charge in [-0.15, -0.1) is 0 Å². The summed E-state index contributed by atoms with van der Waals surface area (Å²) in [4.78, 5) is 23.0. The fraction of sp³-hybridized carbons (Fsp3) is 0.125. The third kappa shape index (κ3) is 5.25. The molecule has 0 bridgehead atoms. The Bertz CT molecular complexity index is 658. The van der Waals surface area contributed by atoms with Crippen LogP contribution in [0.2, 0.25) is 0 Å². The van der Waals surface area contributed by atoms with Crippen LogP contribution in [-0.4, -0.2) is 28.9 Å². The number of rotatable bonds is 6. The first kappa shape index (κ1) is 16.7. The number of ether oxygens (including phenoxy) is 1. The number of hydrogen-bond donors (Lipinski definition) is 3. The van der Waals surface area contributed by atoms with Crippen LogP contribution in [0.4, 0.5) is 4.79 Å². The van der Waals surface area contributed by atoms with Gasteiger partial charge in [0.15, 0.2) is 5.68 Å². The molecule has 0 fully saturated rings. The molecule has 0 spiro atoms.